The summed E-state index contributed by atoms with van der Waals surface area (Å²) in [5, 5.41) is 5.52. The Bertz CT molecular complexity index is 888. The Balaban J connectivity index is 1.26. The molecule has 8 heteroatoms. The zero-order valence-electron chi connectivity index (χ0n) is 15.1. The number of anilines is 1. The van der Waals surface area contributed by atoms with E-state index in [1.165, 1.54) is 12.1 Å². The van der Waals surface area contributed by atoms with Crippen molar-refractivity contribution in [1.82, 2.24) is 10.6 Å². The normalized spacial score (nSPS) is 17.7. The number of ether oxygens (including phenoxy) is 2. The maximum absolute atomic E-state index is 12.9. The Morgan fingerprint density at radius 2 is 1.89 bits per heavy atom. The van der Waals surface area contributed by atoms with Crippen LogP contribution in [0, 0.1) is 11.7 Å². The first-order valence-electron chi connectivity index (χ1n) is 9.04. The molecule has 28 heavy (non-hydrogen) atoms. The minimum atomic E-state index is -0.321. The highest BCUT2D eigenvalue weighted by molar-refractivity contribution is 5.96. The number of fused-ring (bicyclic) bond motifs is 1. The molecular formula is C20H20FN3O4. The molecule has 0 saturated carbocycles. The van der Waals surface area contributed by atoms with Crippen molar-refractivity contribution < 1.29 is 23.5 Å². The molecular weight excluding hydrogens is 365 g/mol. The van der Waals surface area contributed by atoms with E-state index in [9.17, 15) is 14.0 Å². The predicted octanol–water partition coefficient (Wildman–Crippen LogP) is 2.41. The van der Waals surface area contributed by atoms with Crippen molar-refractivity contribution in [2.24, 2.45) is 5.92 Å². The summed E-state index contributed by atoms with van der Waals surface area (Å²) in [4.78, 5) is 26.0. The molecule has 1 fully saturated rings. The average molecular weight is 385 g/mol. The van der Waals surface area contributed by atoms with Gasteiger partial charge in [0, 0.05) is 43.7 Å². The molecule has 2 aliphatic rings. The smallest absolute Gasteiger partial charge is 0.315 e. The van der Waals surface area contributed by atoms with Crippen LogP contribution in [0.4, 0.5) is 14.9 Å². The molecule has 1 saturated heterocycles. The fourth-order valence-corrected chi connectivity index (χ4v) is 3.31. The summed E-state index contributed by atoms with van der Waals surface area (Å²) >= 11 is 0. The zero-order valence-corrected chi connectivity index (χ0v) is 15.1. The number of hydrogen-bond donors (Lipinski definition) is 2. The predicted molar refractivity (Wildman–Crippen MR) is 99.7 cm³/mol. The zero-order chi connectivity index (χ0) is 19.5. The van der Waals surface area contributed by atoms with Crippen LogP contribution >= 0.6 is 0 Å². The molecule has 3 amide bonds. The first kappa shape index (κ1) is 18.1. The minimum Gasteiger partial charge on any atom is -0.454 e. The highest BCUT2D eigenvalue weighted by Crippen LogP contribution is 2.37. The number of carbonyl (C=O) groups is 2. The van der Waals surface area contributed by atoms with Crippen molar-refractivity contribution in [1.29, 1.82) is 0 Å². The number of halogens is 1. The molecule has 2 heterocycles. The summed E-state index contributed by atoms with van der Waals surface area (Å²) in [7, 11) is 0. The highest BCUT2D eigenvalue weighted by Gasteiger charge is 2.31. The lowest BCUT2D eigenvalue weighted by Gasteiger charge is -2.17. The summed E-state index contributed by atoms with van der Waals surface area (Å²) in [5.74, 6) is 1.02. The second kappa shape index (κ2) is 7.75. The van der Waals surface area contributed by atoms with Gasteiger partial charge < -0.3 is 25.0 Å². The summed E-state index contributed by atoms with van der Waals surface area (Å²) < 4.78 is 23.5. The van der Waals surface area contributed by atoms with Gasteiger partial charge in [0.2, 0.25) is 12.7 Å². The molecule has 0 aliphatic carbocycles. The molecule has 146 valence electrons. The lowest BCUT2D eigenvalue weighted by Crippen LogP contribution is -2.38. The van der Waals surface area contributed by atoms with Gasteiger partial charge in [-0.05, 0) is 29.8 Å². The molecule has 0 bridgehead atoms. The third kappa shape index (κ3) is 4.00. The van der Waals surface area contributed by atoms with Crippen LogP contribution in [0.5, 0.6) is 11.5 Å². The number of rotatable bonds is 5. The van der Waals surface area contributed by atoms with E-state index < -0.39 is 0 Å². The van der Waals surface area contributed by atoms with E-state index in [1.807, 2.05) is 6.07 Å². The van der Waals surface area contributed by atoms with Gasteiger partial charge >= 0.3 is 6.03 Å². The Morgan fingerprint density at radius 3 is 2.71 bits per heavy atom. The van der Waals surface area contributed by atoms with E-state index >= 15 is 0 Å². The standard InChI is InChI=1S/C20H20FN3O4/c21-15-3-1-13(2-4-15)9-22-20(26)23-10-14-7-19(25)24(11-14)16-5-6-17-18(8-16)28-12-27-17/h1-6,8,14H,7,9-12H2,(H2,22,23,26)/t14-/m1/s1. The fourth-order valence-electron chi connectivity index (χ4n) is 3.31. The van der Waals surface area contributed by atoms with Gasteiger partial charge in [-0.15, -0.1) is 0 Å². The van der Waals surface area contributed by atoms with Crippen LogP contribution in [0.2, 0.25) is 0 Å². The summed E-state index contributed by atoms with van der Waals surface area (Å²) in [5.41, 5.74) is 1.57. The number of amides is 3. The van der Waals surface area contributed by atoms with Gasteiger partial charge in [0.15, 0.2) is 11.5 Å². The summed E-state index contributed by atoms with van der Waals surface area (Å²) in [6, 6.07) is 11.0. The Morgan fingerprint density at radius 1 is 1.11 bits per heavy atom. The van der Waals surface area contributed by atoms with E-state index in [1.54, 1.807) is 29.2 Å². The second-order valence-electron chi connectivity index (χ2n) is 6.80. The molecule has 4 rings (SSSR count). The maximum atomic E-state index is 12.9. The quantitative estimate of drug-likeness (QED) is 0.828. The van der Waals surface area contributed by atoms with Crippen LogP contribution in [0.3, 0.4) is 0 Å². The number of hydrogen-bond acceptors (Lipinski definition) is 4. The molecule has 0 aromatic heterocycles. The molecule has 0 unspecified atom stereocenters. The molecule has 0 radical (unpaired) electrons. The summed E-state index contributed by atoms with van der Waals surface area (Å²) in [6.45, 7) is 1.41. The lowest BCUT2D eigenvalue weighted by molar-refractivity contribution is -0.117. The largest absolute Gasteiger partial charge is 0.454 e. The second-order valence-corrected chi connectivity index (χ2v) is 6.80. The molecule has 1 atom stereocenters. The van der Waals surface area contributed by atoms with E-state index in [4.69, 9.17) is 9.47 Å². The van der Waals surface area contributed by atoms with E-state index in [-0.39, 0.29) is 30.5 Å². The number of benzene rings is 2. The third-order valence-corrected chi connectivity index (χ3v) is 4.79. The van der Waals surface area contributed by atoms with E-state index in [0.717, 1.165) is 11.3 Å². The molecule has 0 spiro atoms. The SMILES string of the molecule is O=C(NCc1ccc(F)cc1)NC[C@H]1CC(=O)N(c2ccc3c(c2)OCO3)C1. The number of nitrogens with zero attached hydrogens (tertiary/aromatic N) is 1. The molecule has 2 aliphatic heterocycles. The van der Waals surface area contributed by atoms with Gasteiger partial charge in [0.1, 0.15) is 5.82 Å². The van der Waals surface area contributed by atoms with Crippen LogP contribution in [-0.4, -0.2) is 31.8 Å². The number of carbonyl (C=O) groups excluding carboxylic acids is 2. The van der Waals surface area contributed by atoms with Crippen molar-refractivity contribution >= 4 is 17.6 Å². The highest BCUT2D eigenvalue weighted by atomic mass is 19.1. The number of urea groups is 1. The number of nitrogens with one attached hydrogen (secondary N) is 2. The molecule has 2 aromatic rings. The van der Waals surface area contributed by atoms with Gasteiger partial charge in [-0.3, -0.25) is 4.79 Å². The van der Waals surface area contributed by atoms with Gasteiger partial charge in [0.05, 0.1) is 0 Å². The van der Waals surface area contributed by atoms with Crippen LogP contribution in [-0.2, 0) is 11.3 Å². The monoisotopic (exact) mass is 385 g/mol. The maximum Gasteiger partial charge on any atom is 0.315 e. The topological polar surface area (TPSA) is 79.9 Å². The van der Waals surface area contributed by atoms with Gasteiger partial charge in [0.25, 0.3) is 0 Å². The Labute approximate surface area is 161 Å². The first-order valence-corrected chi connectivity index (χ1v) is 9.04. The van der Waals surface area contributed by atoms with Crippen molar-refractivity contribution in [3.8, 4) is 11.5 Å². The van der Waals surface area contributed by atoms with E-state index in [2.05, 4.69) is 10.6 Å². The first-order chi connectivity index (χ1) is 13.6. The third-order valence-electron chi connectivity index (χ3n) is 4.79. The van der Waals surface area contributed by atoms with Gasteiger partial charge in [-0.25, -0.2) is 9.18 Å². The average Bonchev–Trinajstić information content (AvgIpc) is 3.31. The van der Waals surface area contributed by atoms with Crippen LogP contribution in [0.25, 0.3) is 0 Å². The van der Waals surface area contributed by atoms with Crippen LogP contribution in [0.1, 0.15) is 12.0 Å². The molecule has 2 N–H and O–H groups in total. The minimum absolute atomic E-state index is 0.0115. The van der Waals surface area contributed by atoms with Crippen molar-refractivity contribution in [2.75, 3.05) is 24.8 Å². The Kier molecular flexibility index (Phi) is 5.01. The molecule has 7 nitrogen and oxygen atoms in total. The summed E-state index contributed by atoms with van der Waals surface area (Å²) in [6.07, 6.45) is 0.368. The van der Waals surface area contributed by atoms with E-state index in [0.29, 0.717) is 37.6 Å². The Hall–Kier alpha value is -3.29. The van der Waals surface area contributed by atoms with Crippen LogP contribution in [0.15, 0.2) is 42.5 Å². The fraction of sp³-hybridized carbons (Fsp3) is 0.300. The van der Waals surface area contributed by atoms with Gasteiger partial charge in [-0.1, -0.05) is 12.1 Å². The van der Waals surface area contributed by atoms with Gasteiger partial charge in [-0.2, -0.15) is 0 Å². The molecule has 2 aromatic carbocycles. The van der Waals surface area contributed by atoms with Crippen molar-refractivity contribution in [2.45, 2.75) is 13.0 Å². The van der Waals surface area contributed by atoms with Crippen LogP contribution < -0.4 is 25.0 Å². The van der Waals surface area contributed by atoms with Crippen molar-refractivity contribution in [3.05, 3.63) is 53.8 Å². The lowest BCUT2D eigenvalue weighted by atomic mass is 10.1. The van der Waals surface area contributed by atoms with Crippen molar-refractivity contribution in [3.63, 3.8) is 0 Å².